The second-order valence-corrected chi connectivity index (χ2v) is 2.13. The lowest BCUT2D eigenvalue weighted by molar-refractivity contribution is 0.129. The molecule has 0 saturated heterocycles. The van der Waals surface area contributed by atoms with Gasteiger partial charge in [-0.3, -0.25) is 0 Å². The maximum Gasteiger partial charge on any atom is 0.240 e. The highest BCUT2D eigenvalue weighted by atomic mass is 19.3. The third-order valence-corrected chi connectivity index (χ3v) is 1.29. The van der Waals surface area contributed by atoms with Crippen molar-refractivity contribution in [1.82, 2.24) is 15.0 Å². The first-order valence-corrected chi connectivity index (χ1v) is 3.30. The quantitative estimate of drug-likeness (QED) is 0.677. The average molecular weight is 172 g/mol. The van der Waals surface area contributed by atoms with Gasteiger partial charge in [0, 0.05) is 13.0 Å². The summed E-state index contributed by atoms with van der Waals surface area (Å²) in [5.41, 5.74) is 0.204. The van der Waals surface area contributed by atoms with E-state index in [4.69, 9.17) is 5.26 Å². The summed E-state index contributed by atoms with van der Waals surface area (Å²) in [7, 11) is 0. The van der Waals surface area contributed by atoms with Crippen LogP contribution in [0.15, 0.2) is 6.20 Å². The molecule has 0 fully saturated rings. The van der Waals surface area contributed by atoms with Gasteiger partial charge < -0.3 is 0 Å². The minimum Gasteiger partial charge on any atom is -0.234 e. The molecule has 1 rings (SSSR count). The number of aryl methyl sites for hydroxylation is 1. The molecule has 0 amide bonds. The van der Waals surface area contributed by atoms with Gasteiger partial charge in [-0.2, -0.15) is 5.26 Å². The molecule has 1 aromatic rings. The highest BCUT2D eigenvalue weighted by molar-refractivity contribution is 5.14. The van der Waals surface area contributed by atoms with Crippen molar-refractivity contribution in [3.05, 3.63) is 11.9 Å². The van der Waals surface area contributed by atoms with Crippen LogP contribution in [0.4, 0.5) is 8.78 Å². The Morgan fingerprint density at radius 2 is 2.42 bits per heavy atom. The molecule has 1 aromatic heterocycles. The molecule has 12 heavy (non-hydrogen) atoms. The van der Waals surface area contributed by atoms with Crippen LogP contribution in [0, 0.1) is 11.3 Å². The summed E-state index contributed by atoms with van der Waals surface area (Å²) in [4.78, 5) is 0. The fourth-order valence-corrected chi connectivity index (χ4v) is 0.729. The molecule has 0 atom stereocenters. The van der Waals surface area contributed by atoms with Crippen molar-refractivity contribution in [2.45, 2.75) is 19.4 Å². The van der Waals surface area contributed by atoms with Gasteiger partial charge >= 0.3 is 0 Å². The largest absolute Gasteiger partial charge is 0.240 e. The van der Waals surface area contributed by atoms with Crippen molar-refractivity contribution < 1.29 is 8.78 Å². The van der Waals surface area contributed by atoms with Crippen LogP contribution in [0.25, 0.3) is 0 Å². The standard InChI is InChI=1S/C6H6F2N4/c7-6(8)1-2-12-5(3-9)4-10-11-12/h4,6H,1-2H2. The first-order chi connectivity index (χ1) is 5.74. The third-order valence-electron chi connectivity index (χ3n) is 1.29. The molecule has 0 saturated carbocycles. The van der Waals surface area contributed by atoms with Crippen molar-refractivity contribution in [2.24, 2.45) is 0 Å². The number of nitriles is 1. The zero-order valence-corrected chi connectivity index (χ0v) is 6.11. The predicted octanol–water partition coefficient (Wildman–Crippen LogP) is 0.805. The summed E-state index contributed by atoms with van der Waals surface area (Å²) in [6.07, 6.45) is -1.44. The molecular formula is C6H6F2N4. The molecule has 64 valence electrons. The van der Waals surface area contributed by atoms with E-state index < -0.39 is 6.43 Å². The van der Waals surface area contributed by atoms with Crippen LogP contribution in [0.3, 0.4) is 0 Å². The fourth-order valence-electron chi connectivity index (χ4n) is 0.729. The van der Waals surface area contributed by atoms with Gasteiger partial charge in [-0.1, -0.05) is 5.21 Å². The number of rotatable bonds is 3. The van der Waals surface area contributed by atoms with Gasteiger partial charge in [-0.25, -0.2) is 13.5 Å². The Morgan fingerprint density at radius 3 is 3.00 bits per heavy atom. The van der Waals surface area contributed by atoms with Gasteiger partial charge in [0.25, 0.3) is 0 Å². The average Bonchev–Trinajstić information content (AvgIpc) is 2.47. The molecule has 0 aliphatic rings. The van der Waals surface area contributed by atoms with Crippen LogP contribution in [0.5, 0.6) is 0 Å². The Kier molecular flexibility index (Phi) is 2.69. The lowest BCUT2D eigenvalue weighted by Gasteiger charge is -1.99. The van der Waals surface area contributed by atoms with Gasteiger partial charge in [0.15, 0.2) is 5.69 Å². The summed E-state index contributed by atoms with van der Waals surface area (Å²) in [6, 6.07) is 1.79. The van der Waals surface area contributed by atoms with Crippen LogP contribution in [-0.2, 0) is 6.54 Å². The first kappa shape index (κ1) is 8.59. The Labute approximate surface area is 67.4 Å². The molecule has 0 aliphatic heterocycles. The normalized spacial score (nSPS) is 10.2. The van der Waals surface area contributed by atoms with Crippen molar-refractivity contribution in [2.75, 3.05) is 0 Å². The lowest BCUT2D eigenvalue weighted by Crippen LogP contribution is -2.06. The smallest absolute Gasteiger partial charge is 0.234 e. The summed E-state index contributed by atoms with van der Waals surface area (Å²) in [6.45, 7) is 0.0283. The minimum atomic E-state index is -2.37. The second-order valence-electron chi connectivity index (χ2n) is 2.13. The van der Waals surface area contributed by atoms with Crippen molar-refractivity contribution in [3.63, 3.8) is 0 Å². The van der Waals surface area contributed by atoms with Gasteiger partial charge in [0.1, 0.15) is 6.07 Å². The second kappa shape index (κ2) is 3.76. The summed E-state index contributed by atoms with van der Waals surface area (Å²) in [5.74, 6) is 0. The number of nitrogens with zero attached hydrogens (tertiary/aromatic N) is 4. The summed E-state index contributed by atoms with van der Waals surface area (Å²) < 4.78 is 24.6. The summed E-state index contributed by atoms with van der Waals surface area (Å²) >= 11 is 0. The Morgan fingerprint density at radius 1 is 1.67 bits per heavy atom. The Hall–Kier alpha value is -1.51. The highest BCUT2D eigenvalue weighted by Crippen LogP contribution is 2.02. The van der Waals surface area contributed by atoms with E-state index >= 15 is 0 Å². The van der Waals surface area contributed by atoms with Crippen molar-refractivity contribution in [1.29, 1.82) is 5.26 Å². The molecule has 0 radical (unpaired) electrons. The Bertz CT molecular complexity index is 288. The molecule has 0 unspecified atom stereocenters. The van der Waals surface area contributed by atoms with Crippen LogP contribution >= 0.6 is 0 Å². The van der Waals surface area contributed by atoms with Crippen molar-refractivity contribution >= 4 is 0 Å². The zero-order valence-electron chi connectivity index (χ0n) is 6.11. The number of halogens is 2. The van der Waals surface area contributed by atoms with E-state index in [1.807, 2.05) is 0 Å². The van der Waals surface area contributed by atoms with E-state index in [1.54, 1.807) is 6.07 Å². The number of aromatic nitrogens is 3. The molecule has 4 nitrogen and oxygen atoms in total. The van der Waals surface area contributed by atoms with Gasteiger partial charge in [-0.15, -0.1) is 5.10 Å². The van der Waals surface area contributed by atoms with Crippen LogP contribution in [-0.4, -0.2) is 21.4 Å². The maximum absolute atomic E-state index is 11.7. The zero-order chi connectivity index (χ0) is 8.97. The number of hydrogen-bond donors (Lipinski definition) is 0. The van der Waals surface area contributed by atoms with E-state index in [0.29, 0.717) is 0 Å². The van der Waals surface area contributed by atoms with Crippen molar-refractivity contribution in [3.8, 4) is 6.07 Å². The summed E-state index contributed by atoms with van der Waals surface area (Å²) in [5, 5.41) is 15.3. The van der Waals surface area contributed by atoms with Gasteiger partial charge in [-0.05, 0) is 0 Å². The van der Waals surface area contributed by atoms with E-state index in [9.17, 15) is 8.78 Å². The van der Waals surface area contributed by atoms with Crippen LogP contribution < -0.4 is 0 Å². The molecular weight excluding hydrogens is 166 g/mol. The minimum absolute atomic E-state index is 0.0283. The molecule has 0 spiro atoms. The highest BCUT2D eigenvalue weighted by Gasteiger charge is 2.06. The Balaban J connectivity index is 2.58. The molecule has 0 bridgehead atoms. The molecule has 0 N–H and O–H groups in total. The van der Waals surface area contributed by atoms with Gasteiger partial charge in [0.05, 0.1) is 6.20 Å². The topological polar surface area (TPSA) is 54.5 Å². The fraction of sp³-hybridized carbons (Fsp3) is 0.500. The van der Waals surface area contributed by atoms with Crippen LogP contribution in [0.1, 0.15) is 12.1 Å². The molecule has 0 aliphatic carbocycles. The molecule has 0 aromatic carbocycles. The van der Waals surface area contributed by atoms with E-state index in [2.05, 4.69) is 10.3 Å². The van der Waals surface area contributed by atoms with E-state index in [1.165, 1.54) is 6.20 Å². The maximum atomic E-state index is 11.7. The van der Waals surface area contributed by atoms with Gasteiger partial charge in [0.2, 0.25) is 6.43 Å². The lowest BCUT2D eigenvalue weighted by atomic mass is 10.4. The number of alkyl halides is 2. The van der Waals surface area contributed by atoms with E-state index in [-0.39, 0.29) is 18.7 Å². The first-order valence-electron chi connectivity index (χ1n) is 3.30. The molecule has 1 heterocycles. The third kappa shape index (κ3) is 1.99. The molecule has 6 heteroatoms. The van der Waals surface area contributed by atoms with E-state index in [0.717, 1.165) is 4.68 Å². The SMILES string of the molecule is N#Cc1cnnn1CCC(F)F. The van der Waals surface area contributed by atoms with Crippen LogP contribution in [0.2, 0.25) is 0 Å². The number of hydrogen-bond acceptors (Lipinski definition) is 3. The predicted molar refractivity (Wildman–Crippen MR) is 35.4 cm³/mol. The monoisotopic (exact) mass is 172 g/mol.